The lowest BCUT2D eigenvalue weighted by Gasteiger charge is -2.03. The van der Waals surface area contributed by atoms with Crippen LogP contribution in [0.15, 0.2) is 36.4 Å². The van der Waals surface area contributed by atoms with Crippen molar-refractivity contribution in [3.63, 3.8) is 0 Å². The number of hydrogen-bond donors (Lipinski definition) is 2. The summed E-state index contributed by atoms with van der Waals surface area (Å²) in [4.78, 5) is 10.3. The molecule has 0 amide bonds. The van der Waals surface area contributed by atoms with Crippen molar-refractivity contribution in [1.82, 2.24) is 0 Å². The van der Waals surface area contributed by atoms with E-state index < -0.39 is 5.97 Å². The van der Waals surface area contributed by atoms with Crippen molar-refractivity contribution in [2.75, 3.05) is 0 Å². The Morgan fingerprint density at radius 2 is 2.07 bits per heavy atom. The van der Waals surface area contributed by atoms with Crippen molar-refractivity contribution in [3.05, 3.63) is 42.0 Å². The minimum absolute atomic E-state index is 0.0130. The zero-order valence-electron chi connectivity index (χ0n) is 8.47. The zero-order valence-corrected chi connectivity index (χ0v) is 8.47. The van der Waals surface area contributed by atoms with Gasteiger partial charge in [-0.25, -0.2) is 0 Å². The van der Waals surface area contributed by atoms with Crippen molar-refractivity contribution < 1.29 is 9.90 Å². The Morgan fingerprint density at radius 1 is 1.40 bits per heavy atom. The van der Waals surface area contributed by atoms with Crippen molar-refractivity contribution >= 4 is 12.0 Å². The Kier molecular flexibility index (Phi) is 4.57. The lowest BCUT2D eigenvalue weighted by atomic mass is 10.1. The van der Waals surface area contributed by atoms with E-state index in [-0.39, 0.29) is 12.5 Å². The second-order valence-corrected chi connectivity index (χ2v) is 3.41. The van der Waals surface area contributed by atoms with Gasteiger partial charge in [-0.3, -0.25) is 4.79 Å². The number of rotatable bonds is 5. The summed E-state index contributed by atoms with van der Waals surface area (Å²) >= 11 is 0. The van der Waals surface area contributed by atoms with E-state index >= 15 is 0 Å². The predicted molar refractivity (Wildman–Crippen MR) is 60.3 cm³/mol. The number of carbonyl (C=O) groups is 1. The molecule has 1 aromatic carbocycles. The van der Waals surface area contributed by atoms with Crippen LogP contribution in [0.2, 0.25) is 0 Å². The standard InChI is InChI=1S/C12H15NO2/c13-11(9-12(14)15)8-4-7-10-5-2-1-3-6-10/h1-7,11H,8-9,13H2,(H,14,15)/b7-4+. The molecule has 0 saturated heterocycles. The first-order chi connectivity index (χ1) is 7.18. The summed E-state index contributed by atoms with van der Waals surface area (Å²) < 4.78 is 0. The van der Waals surface area contributed by atoms with Gasteiger partial charge in [0.1, 0.15) is 0 Å². The number of benzene rings is 1. The molecule has 0 heterocycles. The lowest BCUT2D eigenvalue weighted by molar-refractivity contribution is -0.137. The number of aliphatic carboxylic acids is 1. The van der Waals surface area contributed by atoms with Crippen molar-refractivity contribution in [1.29, 1.82) is 0 Å². The van der Waals surface area contributed by atoms with Crippen LogP contribution in [0.25, 0.3) is 6.08 Å². The van der Waals surface area contributed by atoms with E-state index in [0.29, 0.717) is 6.42 Å². The number of carboxylic acid groups (broad SMARTS) is 1. The Bertz CT molecular complexity index is 333. The molecule has 0 radical (unpaired) electrons. The van der Waals surface area contributed by atoms with Crippen LogP contribution in [0.4, 0.5) is 0 Å². The molecule has 0 aliphatic heterocycles. The van der Waals surface area contributed by atoms with Crippen LogP contribution < -0.4 is 5.73 Å². The molecule has 3 nitrogen and oxygen atoms in total. The lowest BCUT2D eigenvalue weighted by Crippen LogP contribution is -2.22. The minimum atomic E-state index is -0.851. The fraction of sp³-hybridized carbons (Fsp3) is 0.250. The molecule has 0 aromatic heterocycles. The second-order valence-electron chi connectivity index (χ2n) is 3.41. The van der Waals surface area contributed by atoms with E-state index in [1.807, 2.05) is 42.5 Å². The van der Waals surface area contributed by atoms with Gasteiger partial charge in [0.25, 0.3) is 0 Å². The SMILES string of the molecule is NC(C/C=C/c1ccccc1)CC(=O)O. The molecule has 3 N–H and O–H groups in total. The molecule has 1 atom stereocenters. The second kappa shape index (κ2) is 5.98. The van der Waals surface area contributed by atoms with Crippen LogP contribution in [-0.4, -0.2) is 17.1 Å². The smallest absolute Gasteiger partial charge is 0.304 e. The maximum Gasteiger partial charge on any atom is 0.304 e. The summed E-state index contributed by atoms with van der Waals surface area (Å²) in [6.07, 6.45) is 4.45. The van der Waals surface area contributed by atoms with Gasteiger partial charge in [0.15, 0.2) is 0 Å². The third-order valence-corrected chi connectivity index (χ3v) is 1.99. The Labute approximate surface area is 89.2 Å². The van der Waals surface area contributed by atoms with E-state index in [0.717, 1.165) is 5.56 Å². The van der Waals surface area contributed by atoms with Gasteiger partial charge in [-0.05, 0) is 12.0 Å². The first-order valence-corrected chi connectivity index (χ1v) is 4.87. The molecular formula is C12H15NO2. The molecule has 0 aliphatic rings. The summed E-state index contributed by atoms with van der Waals surface area (Å²) in [5.74, 6) is -0.851. The first kappa shape index (κ1) is 11.5. The Morgan fingerprint density at radius 3 is 2.67 bits per heavy atom. The Balaban J connectivity index is 2.37. The van der Waals surface area contributed by atoms with Gasteiger partial charge in [0.2, 0.25) is 0 Å². The molecule has 0 aliphatic carbocycles. The van der Waals surface area contributed by atoms with Crippen LogP contribution in [0.5, 0.6) is 0 Å². The topological polar surface area (TPSA) is 63.3 Å². The average molecular weight is 205 g/mol. The monoisotopic (exact) mass is 205 g/mol. The summed E-state index contributed by atoms with van der Waals surface area (Å²) in [6.45, 7) is 0. The molecule has 1 rings (SSSR count). The molecular weight excluding hydrogens is 190 g/mol. The van der Waals surface area contributed by atoms with Crippen LogP contribution in [0.1, 0.15) is 18.4 Å². The number of nitrogens with two attached hydrogens (primary N) is 1. The van der Waals surface area contributed by atoms with E-state index in [1.165, 1.54) is 0 Å². The third kappa shape index (κ3) is 4.98. The maximum atomic E-state index is 10.3. The highest BCUT2D eigenvalue weighted by molar-refractivity contribution is 5.67. The van der Waals surface area contributed by atoms with Gasteiger partial charge >= 0.3 is 5.97 Å². The summed E-state index contributed by atoms with van der Waals surface area (Å²) in [6, 6.07) is 9.53. The predicted octanol–water partition coefficient (Wildman–Crippen LogP) is 1.89. The first-order valence-electron chi connectivity index (χ1n) is 4.87. The van der Waals surface area contributed by atoms with Crippen LogP contribution >= 0.6 is 0 Å². The highest BCUT2D eigenvalue weighted by atomic mass is 16.4. The van der Waals surface area contributed by atoms with Crippen LogP contribution in [0, 0.1) is 0 Å². The van der Waals surface area contributed by atoms with Crippen LogP contribution in [-0.2, 0) is 4.79 Å². The zero-order chi connectivity index (χ0) is 11.1. The Hall–Kier alpha value is -1.61. The molecule has 80 valence electrons. The van der Waals surface area contributed by atoms with Crippen LogP contribution in [0.3, 0.4) is 0 Å². The molecule has 3 heteroatoms. The highest BCUT2D eigenvalue weighted by Gasteiger charge is 2.04. The van der Waals surface area contributed by atoms with Crippen molar-refractivity contribution in [3.8, 4) is 0 Å². The van der Waals surface area contributed by atoms with E-state index in [9.17, 15) is 4.79 Å². The van der Waals surface area contributed by atoms with Gasteiger partial charge in [-0.15, -0.1) is 0 Å². The number of hydrogen-bond acceptors (Lipinski definition) is 2. The molecule has 0 bridgehead atoms. The number of carboxylic acids is 1. The van der Waals surface area contributed by atoms with Crippen molar-refractivity contribution in [2.45, 2.75) is 18.9 Å². The average Bonchev–Trinajstić information content (AvgIpc) is 2.18. The third-order valence-electron chi connectivity index (χ3n) is 1.99. The van der Waals surface area contributed by atoms with E-state index in [2.05, 4.69) is 0 Å². The fourth-order valence-electron chi connectivity index (χ4n) is 1.25. The minimum Gasteiger partial charge on any atom is -0.481 e. The van der Waals surface area contributed by atoms with Gasteiger partial charge in [0.05, 0.1) is 6.42 Å². The largest absolute Gasteiger partial charge is 0.481 e. The molecule has 0 spiro atoms. The molecule has 0 fully saturated rings. The fourth-order valence-corrected chi connectivity index (χ4v) is 1.25. The molecule has 0 saturated carbocycles. The van der Waals surface area contributed by atoms with Gasteiger partial charge in [-0.2, -0.15) is 0 Å². The van der Waals surface area contributed by atoms with E-state index in [1.54, 1.807) is 0 Å². The summed E-state index contributed by atoms with van der Waals surface area (Å²) in [5, 5.41) is 8.50. The maximum absolute atomic E-state index is 10.3. The van der Waals surface area contributed by atoms with Crippen molar-refractivity contribution in [2.24, 2.45) is 5.73 Å². The molecule has 1 aromatic rings. The normalized spacial score (nSPS) is 12.9. The van der Waals surface area contributed by atoms with Gasteiger partial charge in [-0.1, -0.05) is 42.5 Å². The van der Waals surface area contributed by atoms with E-state index in [4.69, 9.17) is 10.8 Å². The molecule has 15 heavy (non-hydrogen) atoms. The van der Waals surface area contributed by atoms with Gasteiger partial charge in [0, 0.05) is 6.04 Å². The highest BCUT2D eigenvalue weighted by Crippen LogP contribution is 2.03. The van der Waals surface area contributed by atoms with Gasteiger partial charge < -0.3 is 10.8 Å². The summed E-state index contributed by atoms with van der Waals surface area (Å²) in [5.41, 5.74) is 6.70. The summed E-state index contributed by atoms with van der Waals surface area (Å²) in [7, 11) is 0. The quantitative estimate of drug-likeness (QED) is 0.771. The molecule has 1 unspecified atom stereocenters.